The van der Waals surface area contributed by atoms with Crippen molar-refractivity contribution < 1.29 is 0 Å². The summed E-state index contributed by atoms with van der Waals surface area (Å²) in [5.41, 5.74) is 5.20. The van der Waals surface area contributed by atoms with Gasteiger partial charge in [0.2, 0.25) is 5.95 Å². The van der Waals surface area contributed by atoms with Crippen LogP contribution in [0.2, 0.25) is 0 Å². The second-order valence-electron chi connectivity index (χ2n) is 7.42. The quantitative estimate of drug-likeness (QED) is 0.785. The van der Waals surface area contributed by atoms with Crippen LogP contribution >= 0.6 is 0 Å². The van der Waals surface area contributed by atoms with Crippen LogP contribution in [0.25, 0.3) is 11.6 Å². The zero-order valence-electron chi connectivity index (χ0n) is 15.1. The van der Waals surface area contributed by atoms with E-state index in [1.807, 2.05) is 18.5 Å². The van der Waals surface area contributed by atoms with Crippen LogP contribution in [0, 0.1) is 0 Å². The van der Waals surface area contributed by atoms with Crippen molar-refractivity contribution >= 4 is 0 Å². The molecule has 2 aromatic heterocycles. The van der Waals surface area contributed by atoms with Crippen molar-refractivity contribution in [2.75, 3.05) is 6.54 Å². The van der Waals surface area contributed by atoms with E-state index in [-0.39, 0.29) is 0 Å². The lowest BCUT2D eigenvalue weighted by molar-refractivity contribution is 0.432. The zero-order valence-corrected chi connectivity index (χ0v) is 15.1. The Hall–Kier alpha value is -2.40. The fraction of sp³-hybridized carbons (Fsp3) is 0.429. The van der Waals surface area contributed by atoms with Gasteiger partial charge in [-0.3, -0.25) is 4.57 Å². The third-order valence-electron chi connectivity index (χ3n) is 5.80. The van der Waals surface area contributed by atoms with Crippen molar-refractivity contribution in [3.8, 4) is 11.6 Å². The Morgan fingerprint density at radius 2 is 1.88 bits per heavy atom. The molecular weight excluding hydrogens is 322 g/mol. The molecule has 5 rings (SSSR count). The fourth-order valence-corrected chi connectivity index (χ4v) is 4.49. The second-order valence-corrected chi connectivity index (χ2v) is 7.42. The number of hydrogen-bond donors (Lipinski definition) is 1. The molecular formula is C21H25N5. The molecule has 1 fully saturated rings. The molecule has 5 nitrogen and oxygen atoms in total. The smallest absolute Gasteiger partial charge is 0.235 e. The minimum atomic E-state index is 0.610. The molecule has 0 amide bonds. The van der Waals surface area contributed by atoms with Gasteiger partial charge in [-0.1, -0.05) is 37.5 Å². The maximum Gasteiger partial charge on any atom is 0.235 e. The first-order valence-corrected chi connectivity index (χ1v) is 9.82. The Morgan fingerprint density at radius 1 is 1.04 bits per heavy atom. The van der Waals surface area contributed by atoms with Crippen LogP contribution in [0.1, 0.15) is 55.0 Å². The topological polar surface area (TPSA) is 47.7 Å². The van der Waals surface area contributed by atoms with Crippen LogP contribution in [-0.4, -0.2) is 25.9 Å². The molecule has 0 bridgehead atoms. The predicted molar refractivity (Wildman–Crippen MR) is 102 cm³/mol. The van der Waals surface area contributed by atoms with E-state index < -0.39 is 0 Å². The van der Waals surface area contributed by atoms with Gasteiger partial charge in [0.15, 0.2) is 0 Å². The standard InChI is InChI=1S/C21H25N5/c1-3-7-16(8-4-1)20-18-15-22-12-11-19(18)26(24-20)21-23-13-14-25(21)17-9-5-2-6-10-17/h2,5-6,9-10,13-14,16,22H,1,3-4,7-8,11-12,15H2. The van der Waals surface area contributed by atoms with Gasteiger partial charge < -0.3 is 5.32 Å². The second kappa shape index (κ2) is 6.72. The number of aromatic nitrogens is 4. The SMILES string of the molecule is c1ccc(-n2ccnc2-n2nc(C3CCCCC3)c3c2CCNC3)cc1. The zero-order chi connectivity index (χ0) is 17.3. The molecule has 26 heavy (non-hydrogen) atoms. The molecule has 0 saturated heterocycles. The first-order valence-electron chi connectivity index (χ1n) is 9.82. The van der Waals surface area contributed by atoms with Gasteiger partial charge in [0.25, 0.3) is 0 Å². The Balaban J connectivity index is 1.62. The Kier molecular flexibility index (Phi) is 4.09. The molecule has 1 aromatic carbocycles. The van der Waals surface area contributed by atoms with Gasteiger partial charge in [-0.05, 0) is 25.0 Å². The highest BCUT2D eigenvalue weighted by molar-refractivity contribution is 5.40. The van der Waals surface area contributed by atoms with Gasteiger partial charge in [0.05, 0.1) is 11.4 Å². The number of fused-ring (bicyclic) bond motifs is 1. The molecule has 1 aliphatic carbocycles. The molecule has 1 saturated carbocycles. The van der Waals surface area contributed by atoms with Gasteiger partial charge in [-0.15, -0.1) is 0 Å². The summed E-state index contributed by atoms with van der Waals surface area (Å²) in [6.45, 7) is 1.95. The van der Waals surface area contributed by atoms with Crippen LogP contribution in [0.15, 0.2) is 42.7 Å². The largest absolute Gasteiger partial charge is 0.312 e. The monoisotopic (exact) mass is 347 g/mol. The van der Waals surface area contributed by atoms with E-state index in [1.165, 1.54) is 49.1 Å². The molecule has 5 heteroatoms. The van der Waals surface area contributed by atoms with E-state index in [9.17, 15) is 0 Å². The van der Waals surface area contributed by atoms with E-state index in [4.69, 9.17) is 5.10 Å². The van der Waals surface area contributed by atoms with Crippen LogP contribution in [-0.2, 0) is 13.0 Å². The highest BCUT2D eigenvalue weighted by atomic mass is 15.4. The normalized spacial score (nSPS) is 18.0. The maximum atomic E-state index is 5.14. The van der Waals surface area contributed by atoms with Crippen molar-refractivity contribution in [1.82, 2.24) is 24.6 Å². The molecule has 3 aromatic rings. The molecule has 2 aliphatic rings. The predicted octanol–water partition coefficient (Wildman–Crippen LogP) is 3.75. The highest BCUT2D eigenvalue weighted by Gasteiger charge is 2.28. The first-order chi connectivity index (χ1) is 12.9. The van der Waals surface area contributed by atoms with E-state index in [2.05, 4.69) is 43.8 Å². The van der Waals surface area contributed by atoms with Crippen molar-refractivity contribution in [2.24, 2.45) is 0 Å². The average Bonchev–Trinajstić information content (AvgIpc) is 3.34. The lowest BCUT2D eigenvalue weighted by Crippen LogP contribution is -2.25. The maximum absolute atomic E-state index is 5.14. The minimum Gasteiger partial charge on any atom is -0.312 e. The molecule has 1 aliphatic heterocycles. The summed E-state index contributed by atoms with van der Waals surface area (Å²) in [5, 5.41) is 8.68. The number of rotatable bonds is 3. The van der Waals surface area contributed by atoms with Crippen LogP contribution in [0.5, 0.6) is 0 Å². The average molecular weight is 347 g/mol. The lowest BCUT2D eigenvalue weighted by atomic mass is 9.84. The summed E-state index contributed by atoms with van der Waals surface area (Å²) in [6.07, 6.45) is 11.5. The van der Waals surface area contributed by atoms with Crippen molar-refractivity contribution in [2.45, 2.75) is 51.0 Å². The van der Waals surface area contributed by atoms with E-state index in [0.29, 0.717) is 5.92 Å². The van der Waals surface area contributed by atoms with Gasteiger partial charge in [-0.2, -0.15) is 5.10 Å². The summed E-state index contributed by atoms with van der Waals surface area (Å²) >= 11 is 0. The third kappa shape index (κ3) is 2.67. The number of nitrogens with zero attached hydrogens (tertiary/aromatic N) is 4. The summed E-state index contributed by atoms with van der Waals surface area (Å²) < 4.78 is 4.26. The molecule has 1 N–H and O–H groups in total. The van der Waals surface area contributed by atoms with Gasteiger partial charge in [-0.25, -0.2) is 9.67 Å². The summed E-state index contributed by atoms with van der Waals surface area (Å²) in [5.74, 6) is 1.51. The van der Waals surface area contributed by atoms with Gasteiger partial charge in [0.1, 0.15) is 0 Å². The van der Waals surface area contributed by atoms with E-state index >= 15 is 0 Å². The van der Waals surface area contributed by atoms with E-state index in [1.54, 1.807) is 0 Å². The van der Waals surface area contributed by atoms with Gasteiger partial charge in [0, 0.05) is 49.1 Å². The number of para-hydroxylation sites is 1. The highest BCUT2D eigenvalue weighted by Crippen LogP contribution is 2.36. The number of nitrogens with one attached hydrogen (secondary N) is 1. The number of hydrogen-bond acceptors (Lipinski definition) is 3. The molecule has 0 unspecified atom stereocenters. The van der Waals surface area contributed by atoms with Crippen LogP contribution < -0.4 is 5.32 Å². The number of imidazole rings is 1. The van der Waals surface area contributed by atoms with Gasteiger partial charge >= 0.3 is 0 Å². The number of benzene rings is 1. The third-order valence-corrected chi connectivity index (χ3v) is 5.80. The van der Waals surface area contributed by atoms with E-state index in [0.717, 1.165) is 31.1 Å². The Labute approximate surface area is 154 Å². The molecule has 0 atom stereocenters. The molecule has 0 spiro atoms. The van der Waals surface area contributed by atoms with Crippen LogP contribution in [0.3, 0.4) is 0 Å². The minimum absolute atomic E-state index is 0.610. The fourth-order valence-electron chi connectivity index (χ4n) is 4.49. The van der Waals surface area contributed by atoms with Crippen molar-refractivity contribution in [3.05, 3.63) is 59.7 Å². The molecule has 3 heterocycles. The summed E-state index contributed by atoms with van der Waals surface area (Å²) in [7, 11) is 0. The summed E-state index contributed by atoms with van der Waals surface area (Å²) in [4.78, 5) is 4.67. The lowest BCUT2D eigenvalue weighted by Gasteiger charge is -2.22. The Morgan fingerprint density at radius 3 is 2.73 bits per heavy atom. The first kappa shape index (κ1) is 15.8. The molecule has 134 valence electrons. The molecule has 0 radical (unpaired) electrons. The summed E-state index contributed by atoms with van der Waals surface area (Å²) in [6, 6.07) is 10.4. The van der Waals surface area contributed by atoms with Crippen molar-refractivity contribution in [3.63, 3.8) is 0 Å². The van der Waals surface area contributed by atoms with Crippen molar-refractivity contribution in [1.29, 1.82) is 0 Å². The Bertz CT molecular complexity index is 887. The van der Waals surface area contributed by atoms with Crippen LogP contribution in [0.4, 0.5) is 0 Å².